The zero-order chi connectivity index (χ0) is 18.4. The molecule has 1 aromatic heterocycles. The third kappa shape index (κ3) is 5.13. The summed E-state index contributed by atoms with van der Waals surface area (Å²) in [5.41, 5.74) is 7.00. The minimum Gasteiger partial charge on any atom is -0.350 e. The molecule has 1 heterocycles. The number of hydrogen-bond donors (Lipinski definition) is 2. The first-order valence-corrected chi connectivity index (χ1v) is 9.09. The minimum absolute atomic E-state index is 0.577. The monoisotopic (exact) mass is 409 g/mol. The highest BCUT2D eigenvalue weighted by Gasteiger charge is 2.03. The van der Waals surface area contributed by atoms with Gasteiger partial charge in [-0.3, -0.25) is 5.43 Å². The molecule has 0 saturated carbocycles. The molecule has 0 bridgehead atoms. The first kappa shape index (κ1) is 18.1. The van der Waals surface area contributed by atoms with E-state index in [-0.39, 0.29) is 0 Å². The van der Waals surface area contributed by atoms with Crippen LogP contribution in [0.1, 0.15) is 23.7 Å². The number of aryl methyl sites for hydroxylation is 1. The van der Waals surface area contributed by atoms with E-state index in [1.54, 1.807) is 0 Å². The number of aromatic nitrogens is 2. The quantitative estimate of drug-likeness (QED) is 0.444. The summed E-state index contributed by atoms with van der Waals surface area (Å²) < 4.78 is 1.04. The molecule has 6 heteroatoms. The topological polar surface area (TPSA) is 62.2 Å². The van der Waals surface area contributed by atoms with Crippen molar-refractivity contribution in [1.82, 2.24) is 9.97 Å². The van der Waals surface area contributed by atoms with Crippen LogP contribution in [0.15, 0.2) is 70.2 Å². The predicted octanol–water partition coefficient (Wildman–Crippen LogP) is 5.00. The molecule has 3 rings (SSSR count). The van der Waals surface area contributed by atoms with Crippen molar-refractivity contribution in [2.75, 3.05) is 10.7 Å². The van der Waals surface area contributed by atoms with Crippen LogP contribution in [0.4, 0.5) is 11.8 Å². The summed E-state index contributed by atoms with van der Waals surface area (Å²) in [5.74, 6) is 1.23. The van der Waals surface area contributed by atoms with Crippen LogP contribution in [-0.4, -0.2) is 15.7 Å². The predicted molar refractivity (Wildman–Crippen MR) is 111 cm³/mol. The fourth-order valence-electron chi connectivity index (χ4n) is 2.38. The van der Waals surface area contributed by atoms with Crippen molar-refractivity contribution < 1.29 is 0 Å². The Kier molecular flexibility index (Phi) is 5.96. The third-order valence-corrected chi connectivity index (χ3v) is 4.28. The highest BCUT2D eigenvalue weighted by atomic mass is 79.9. The summed E-state index contributed by atoms with van der Waals surface area (Å²) in [6.45, 7) is 4.57. The number of halogens is 1. The molecule has 0 fully saturated rings. The van der Waals surface area contributed by atoms with Crippen molar-refractivity contribution in [3.63, 3.8) is 0 Å². The van der Waals surface area contributed by atoms with Crippen molar-refractivity contribution in [3.8, 4) is 0 Å². The highest BCUT2D eigenvalue weighted by Crippen LogP contribution is 2.13. The van der Waals surface area contributed by atoms with Gasteiger partial charge in [0.1, 0.15) is 0 Å². The van der Waals surface area contributed by atoms with Gasteiger partial charge in [0.15, 0.2) is 5.82 Å². The smallest absolute Gasteiger partial charge is 0.225 e. The maximum Gasteiger partial charge on any atom is 0.225 e. The Bertz CT molecular complexity index is 892. The summed E-state index contributed by atoms with van der Waals surface area (Å²) >= 11 is 3.44. The molecule has 0 aliphatic rings. The second-order valence-electron chi connectivity index (χ2n) is 5.87. The van der Waals surface area contributed by atoms with Crippen LogP contribution < -0.4 is 10.7 Å². The number of anilines is 2. The van der Waals surface area contributed by atoms with Crippen molar-refractivity contribution >= 4 is 33.4 Å². The molecule has 0 atom stereocenters. The van der Waals surface area contributed by atoms with Gasteiger partial charge in [0.25, 0.3) is 0 Å². The summed E-state index contributed by atoms with van der Waals surface area (Å²) in [6.07, 6.45) is 0. The third-order valence-electron chi connectivity index (χ3n) is 3.75. The van der Waals surface area contributed by atoms with E-state index < -0.39 is 0 Å². The molecule has 0 amide bonds. The highest BCUT2D eigenvalue weighted by molar-refractivity contribution is 9.10. The van der Waals surface area contributed by atoms with Crippen molar-refractivity contribution in [2.24, 2.45) is 5.10 Å². The molecule has 0 saturated heterocycles. The van der Waals surface area contributed by atoms with Crippen LogP contribution in [0.25, 0.3) is 0 Å². The largest absolute Gasteiger partial charge is 0.350 e. The second kappa shape index (κ2) is 8.58. The molecule has 132 valence electrons. The molecule has 5 nitrogen and oxygen atoms in total. The van der Waals surface area contributed by atoms with Gasteiger partial charge in [0, 0.05) is 22.8 Å². The van der Waals surface area contributed by atoms with Gasteiger partial charge in [0.2, 0.25) is 5.95 Å². The zero-order valence-corrected chi connectivity index (χ0v) is 16.3. The average Bonchev–Trinajstić information content (AvgIpc) is 2.65. The Morgan fingerprint density at radius 3 is 2.50 bits per heavy atom. The molecular weight excluding hydrogens is 390 g/mol. The van der Waals surface area contributed by atoms with Gasteiger partial charge in [-0.25, -0.2) is 4.98 Å². The Morgan fingerprint density at radius 1 is 1.04 bits per heavy atom. The second-order valence-corrected chi connectivity index (χ2v) is 6.79. The van der Waals surface area contributed by atoms with Gasteiger partial charge in [0.05, 0.1) is 5.71 Å². The first-order valence-electron chi connectivity index (χ1n) is 8.30. The number of benzene rings is 2. The van der Waals surface area contributed by atoms with Gasteiger partial charge in [-0.15, -0.1) is 0 Å². The molecule has 26 heavy (non-hydrogen) atoms. The fourth-order valence-corrected chi connectivity index (χ4v) is 2.64. The first-order chi connectivity index (χ1) is 12.6. The van der Waals surface area contributed by atoms with Gasteiger partial charge >= 0.3 is 0 Å². The van der Waals surface area contributed by atoms with Crippen LogP contribution in [0.3, 0.4) is 0 Å². The van der Waals surface area contributed by atoms with Crippen LogP contribution in [0.2, 0.25) is 0 Å². The van der Waals surface area contributed by atoms with Crippen LogP contribution >= 0.6 is 15.9 Å². The minimum atomic E-state index is 0.577. The molecule has 2 aromatic carbocycles. The Labute approximate surface area is 161 Å². The molecule has 0 spiro atoms. The van der Waals surface area contributed by atoms with E-state index in [2.05, 4.69) is 53.9 Å². The lowest BCUT2D eigenvalue weighted by molar-refractivity contribution is 1.02. The Balaban J connectivity index is 1.69. The standard InChI is InChI=1S/C20H20BrN5/c1-14-12-19(26-25-15(2)17-8-10-18(21)11-9-17)24-20(23-14)22-13-16-6-4-3-5-7-16/h3-12H,13H2,1-2H3,(H2,22,23,24,26). The average molecular weight is 410 g/mol. The zero-order valence-electron chi connectivity index (χ0n) is 14.7. The summed E-state index contributed by atoms with van der Waals surface area (Å²) in [7, 11) is 0. The van der Waals surface area contributed by atoms with Crippen LogP contribution in [0.5, 0.6) is 0 Å². The number of rotatable bonds is 6. The number of hydrogen-bond acceptors (Lipinski definition) is 5. The summed E-state index contributed by atoms with van der Waals surface area (Å²) in [5, 5.41) is 7.68. The van der Waals surface area contributed by atoms with Crippen LogP contribution in [-0.2, 0) is 6.54 Å². The van der Waals surface area contributed by atoms with E-state index in [0.29, 0.717) is 18.3 Å². The molecule has 0 aliphatic heterocycles. The SMILES string of the molecule is CC(=NNc1cc(C)nc(NCc2ccccc2)n1)c1ccc(Br)cc1. The summed E-state index contributed by atoms with van der Waals surface area (Å²) in [6, 6.07) is 20.0. The van der Waals surface area contributed by atoms with E-state index >= 15 is 0 Å². The van der Waals surface area contributed by atoms with E-state index in [1.165, 1.54) is 5.56 Å². The van der Waals surface area contributed by atoms with Gasteiger partial charge in [-0.05, 0) is 37.1 Å². The molecule has 0 aliphatic carbocycles. The molecule has 0 unspecified atom stereocenters. The number of hydrazone groups is 1. The van der Waals surface area contributed by atoms with Crippen molar-refractivity contribution in [3.05, 3.63) is 82.0 Å². The molecular formula is C20H20BrN5. The van der Waals surface area contributed by atoms with Gasteiger partial charge in [-0.1, -0.05) is 58.4 Å². The van der Waals surface area contributed by atoms with Crippen LogP contribution in [0, 0.1) is 6.92 Å². The van der Waals surface area contributed by atoms with E-state index in [1.807, 2.05) is 62.4 Å². The lowest BCUT2D eigenvalue weighted by Crippen LogP contribution is -2.07. The fraction of sp³-hybridized carbons (Fsp3) is 0.150. The van der Waals surface area contributed by atoms with Gasteiger partial charge in [-0.2, -0.15) is 10.1 Å². The summed E-state index contributed by atoms with van der Waals surface area (Å²) in [4.78, 5) is 8.91. The van der Waals surface area contributed by atoms with Crippen molar-refractivity contribution in [1.29, 1.82) is 0 Å². The van der Waals surface area contributed by atoms with Crippen molar-refractivity contribution in [2.45, 2.75) is 20.4 Å². The van der Waals surface area contributed by atoms with E-state index in [4.69, 9.17) is 0 Å². The normalized spacial score (nSPS) is 11.3. The van der Waals surface area contributed by atoms with Gasteiger partial charge < -0.3 is 5.32 Å². The lowest BCUT2D eigenvalue weighted by atomic mass is 10.1. The number of nitrogens with zero attached hydrogens (tertiary/aromatic N) is 3. The maximum atomic E-state index is 4.48. The molecule has 2 N–H and O–H groups in total. The molecule has 3 aromatic rings. The van der Waals surface area contributed by atoms with E-state index in [9.17, 15) is 0 Å². The lowest BCUT2D eigenvalue weighted by Gasteiger charge is -2.08. The number of nitrogens with one attached hydrogen (secondary N) is 2. The maximum absolute atomic E-state index is 4.48. The van der Waals surface area contributed by atoms with E-state index in [0.717, 1.165) is 21.4 Å². The Morgan fingerprint density at radius 2 is 1.77 bits per heavy atom. The Hall–Kier alpha value is -2.73. The molecule has 0 radical (unpaired) electrons.